The smallest absolute Gasteiger partial charge is 0.308 e. The summed E-state index contributed by atoms with van der Waals surface area (Å²) in [5.41, 5.74) is 0.790. The van der Waals surface area contributed by atoms with Crippen LogP contribution in [-0.2, 0) is 20.9 Å². The number of benzene rings is 1. The average Bonchev–Trinajstić information content (AvgIpc) is 2.56. The number of esters is 2. The molecule has 25 heavy (non-hydrogen) atoms. The molecule has 0 saturated carbocycles. The van der Waals surface area contributed by atoms with Crippen molar-refractivity contribution in [3.8, 4) is 11.5 Å². The van der Waals surface area contributed by atoms with Crippen molar-refractivity contribution in [1.29, 1.82) is 0 Å². The minimum Gasteiger partial charge on any atom is -0.493 e. The van der Waals surface area contributed by atoms with E-state index in [9.17, 15) is 9.59 Å². The lowest BCUT2D eigenvalue weighted by Gasteiger charge is -2.10. The molecule has 5 heteroatoms. The molecule has 0 heterocycles. The average molecular weight is 350 g/mol. The van der Waals surface area contributed by atoms with Crippen molar-refractivity contribution in [3.63, 3.8) is 0 Å². The summed E-state index contributed by atoms with van der Waals surface area (Å²) >= 11 is 0. The van der Waals surface area contributed by atoms with Gasteiger partial charge in [-0.25, -0.2) is 0 Å². The number of methoxy groups -OCH3 is 1. The fourth-order valence-corrected chi connectivity index (χ4v) is 2.45. The number of hydrogen-bond donors (Lipinski definition) is 0. The first-order chi connectivity index (χ1) is 11.9. The van der Waals surface area contributed by atoms with Crippen LogP contribution < -0.4 is 9.47 Å². The Morgan fingerprint density at radius 3 is 2.40 bits per heavy atom. The van der Waals surface area contributed by atoms with Crippen LogP contribution in [0.2, 0.25) is 0 Å². The van der Waals surface area contributed by atoms with E-state index in [0.29, 0.717) is 17.9 Å². The topological polar surface area (TPSA) is 61.8 Å². The Labute approximate surface area is 150 Å². The van der Waals surface area contributed by atoms with Gasteiger partial charge in [-0.1, -0.05) is 45.6 Å². The minimum atomic E-state index is -0.411. The zero-order valence-corrected chi connectivity index (χ0v) is 15.8. The number of hydrogen-bond acceptors (Lipinski definition) is 5. The van der Waals surface area contributed by atoms with Crippen molar-refractivity contribution in [1.82, 2.24) is 0 Å². The van der Waals surface area contributed by atoms with Crippen molar-refractivity contribution in [2.75, 3.05) is 7.11 Å². The van der Waals surface area contributed by atoms with E-state index in [1.807, 2.05) is 0 Å². The highest BCUT2D eigenvalue weighted by Crippen LogP contribution is 2.28. The summed E-state index contributed by atoms with van der Waals surface area (Å²) in [7, 11) is 1.50. The fourth-order valence-electron chi connectivity index (χ4n) is 2.45. The van der Waals surface area contributed by atoms with Crippen LogP contribution in [0.1, 0.15) is 64.9 Å². The molecule has 1 aromatic rings. The largest absolute Gasteiger partial charge is 0.493 e. The summed E-state index contributed by atoms with van der Waals surface area (Å²) in [6.07, 6.45) is 6.01. The minimum absolute atomic E-state index is 0.183. The van der Waals surface area contributed by atoms with Crippen LogP contribution in [0.15, 0.2) is 18.2 Å². The predicted molar refractivity (Wildman–Crippen MR) is 96.6 cm³/mol. The maximum absolute atomic E-state index is 11.8. The number of ether oxygens (including phenoxy) is 3. The van der Waals surface area contributed by atoms with Crippen molar-refractivity contribution >= 4 is 11.9 Å². The second-order valence-electron chi connectivity index (χ2n) is 6.59. The molecule has 0 radical (unpaired) electrons. The van der Waals surface area contributed by atoms with Gasteiger partial charge in [-0.15, -0.1) is 0 Å². The molecule has 0 aliphatic carbocycles. The molecule has 0 saturated heterocycles. The van der Waals surface area contributed by atoms with Crippen LogP contribution in [0.4, 0.5) is 0 Å². The molecule has 0 bridgehead atoms. The Morgan fingerprint density at radius 1 is 1.04 bits per heavy atom. The van der Waals surface area contributed by atoms with Gasteiger partial charge in [-0.2, -0.15) is 0 Å². The Balaban J connectivity index is 2.32. The van der Waals surface area contributed by atoms with E-state index in [1.165, 1.54) is 33.3 Å². The van der Waals surface area contributed by atoms with E-state index in [2.05, 4.69) is 13.8 Å². The predicted octanol–water partition coefficient (Wildman–Crippen LogP) is 4.66. The third-order valence-corrected chi connectivity index (χ3v) is 3.79. The van der Waals surface area contributed by atoms with Crippen molar-refractivity contribution in [2.45, 2.75) is 65.9 Å². The van der Waals surface area contributed by atoms with Gasteiger partial charge in [-0.3, -0.25) is 9.59 Å². The van der Waals surface area contributed by atoms with Gasteiger partial charge in [0.2, 0.25) is 0 Å². The second-order valence-corrected chi connectivity index (χ2v) is 6.59. The van der Waals surface area contributed by atoms with Gasteiger partial charge >= 0.3 is 11.9 Å². The highest BCUT2D eigenvalue weighted by Gasteiger charge is 2.09. The van der Waals surface area contributed by atoms with Crippen molar-refractivity contribution in [3.05, 3.63) is 23.8 Å². The summed E-state index contributed by atoms with van der Waals surface area (Å²) < 4.78 is 15.5. The lowest BCUT2D eigenvalue weighted by atomic mass is 10.0. The first-order valence-electron chi connectivity index (χ1n) is 8.93. The summed E-state index contributed by atoms with van der Waals surface area (Å²) in [5, 5.41) is 0. The van der Waals surface area contributed by atoms with E-state index < -0.39 is 5.97 Å². The maximum Gasteiger partial charge on any atom is 0.308 e. The Morgan fingerprint density at radius 2 is 1.76 bits per heavy atom. The van der Waals surface area contributed by atoms with Gasteiger partial charge in [0, 0.05) is 13.3 Å². The number of carbonyl (C=O) groups excluding carboxylic acids is 2. The van der Waals surface area contributed by atoms with Gasteiger partial charge in [0.1, 0.15) is 6.61 Å². The van der Waals surface area contributed by atoms with E-state index in [0.717, 1.165) is 24.3 Å². The van der Waals surface area contributed by atoms with E-state index in [4.69, 9.17) is 14.2 Å². The Bertz CT molecular complexity index is 551. The molecule has 0 amide bonds. The van der Waals surface area contributed by atoms with Crippen LogP contribution in [0.5, 0.6) is 11.5 Å². The summed E-state index contributed by atoms with van der Waals surface area (Å²) in [6, 6.07) is 5.09. The lowest BCUT2D eigenvalue weighted by Crippen LogP contribution is -2.06. The SMILES string of the molecule is COc1cc(COC(=O)CCCCCCC(C)C)ccc1OC(C)=O. The molecule has 0 atom stereocenters. The summed E-state index contributed by atoms with van der Waals surface area (Å²) in [5.74, 6) is 0.937. The first-order valence-corrected chi connectivity index (χ1v) is 8.93. The molecule has 0 aliphatic heterocycles. The molecular formula is C20H30O5. The highest BCUT2D eigenvalue weighted by molar-refractivity contribution is 5.70. The van der Waals surface area contributed by atoms with Gasteiger partial charge in [-0.05, 0) is 30.0 Å². The molecule has 0 N–H and O–H groups in total. The molecule has 0 aliphatic rings. The normalized spacial score (nSPS) is 10.6. The van der Waals surface area contributed by atoms with Crippen LogP contribution in [0.25, 0.3) is 0 Å². The van der Waals surface area contributed by atoms with Crippen LogP contribution >= 0.6 is 0 Å². The quantitative estimate of drug-likeness (QED) is 0.330. The van der Waals surface area contributed by atoms with Gasteiger partial charge in [0.05, 0.1) is 7.11 Å². The molecule has 0 spiro atoms. The van der Waals surface area contributed by atoms with Gasteiger partial charge < -0.3 is 14.2 Å². The van der Waals surface area contributed by atoms with Gasteiger partial charge in [0.15, 0.2) is 11.5 Å². The first kappa shape index (κ1) is 21.0. The molecule has 0 unspecified atom stereocenters. The third kappa shape index (κ3) is 9.13. The highest BCUT2D eigenvalue weighted by atomic mass is 16.6. The Kier molecular flexibility index (Phi) is 9.66. The maximum atomic E-state index is 11.8. The molecule has 0 aromatic heterocycles. The van der Waals surface area contributed by atoms with Gasteiger partial charge in [0.25, 0.3) is 0 Å². The second kappa shape index (κ2) is 11.5. The lowest BCUT2D eigenvalue weighted by molar-refractivity contribution is -0.145. The van der Waals surface area contributed by atoms with E-state index in [1.54, 1.807) is 18.2 Å². The van der Waals surface area contributed by atoms with Crippen LogP contribution in [0, 0.1) is 5.92 Å². The standard InChI is InChI=1S/C20H30O5/c1-15(2)9-7-5-6-8-10-20(22)24-14-17-11-12-18(25-16(3)21)19(13-17)23-4/h11-13,15H,5-10,14H2,1-4H3. The fraction of sp³-hybridized carbons (Fsp3) is 0.600. The van der Waals surface area contributed by atoms with Crippen molar-refractivity contribution < 1.29 is 23.8 Å². The molecule has 1 aromatic carbocycles. The Hall–Kier alpha value is -2.04. The summed E-state index contributed by atoms with van der Waals surface area (Å²) in [6.45, 7) is 5.97. The molecular weight excluding hydrogens is 320 g/mol. The van der Waals surface area contributed by atoms with E-state index >= 15 is 0 Å². The van der Waals surface area contributed by atoms with Crippen molar-refractivity contribution in [2.24, 2.45) is 5.92 Å². The molecule has 140 valence electrons. The number of rotatable bonds is 11. The zero-order chi connectivity index (χ0) is 18.7. The number of carbonyl (C=O) groups is 2. The number of unbranched alkanes of at least 4 members (excludes halogenated alkanes) is 3. The zero-order valence-electron chi connectivity index (χ0n) is 15.8. The van der Waals surface area contributed by atoms with E-state index in [-0.39, 0.29) is 12.6 Å². The molecule has 0 fully saturated rings. The third-order valence-electron chi connectivity index (χ3n) is 3.79. The summed E-state index contributed by atoms with van der Waals surface area (Å²) in [4.78, 5) is 22.8. The van der Waals surface area contributed by atoms with Crippen LogP contribution in [-0.4, -0.2) is 19.0 Å². The monoisotopic (exact) mass is 350 g/mol. The van der Waals surface area contributed by atoms with Crippen LogP contribution in [0.3, 0.4) is 0 Å². The molecule has 1 rings (SSSR count). The molecule has 5 nitrogen and oxygen atoms in total.